The van der Waals surface area contributed by atoms with Gasteiger partial charge in [-0.25, -0.2) is 4.21 Å². The summed E-state index contributed by atoms with van der Waals surface area (Å²) in [5.74, 6) is 0.951. The standard InChI is InChI=1S/C20H20ClNO3S/c1-20(2,23)12-4-3-5-13(8-12)26(24)14-9-15-16-11-22-7-6-18(16)25-19(15)17(21)10-14/h3-5,8-10,22-23H,6-7,11H2,1-2H3. The molecule has 0 radical (unpaired) electrons. The molecule has 1 unspecified atom stereocenters. The maximum atomic E-state index is 13.1. The third-order valence-corrected chi connectivity index (χ3v) is 6.33. The summed E-state index contributed by atoms with van der Waals surface area (Å²) in [6, 6.07) is 10.8. The van der Waals surface area contributed by atoms with E-state index in [2.05, 4.69) is 5.32 Å². The molecule has 0 spiro atoms. The van der Waals surface area contributed by atoms with Gasteiger partial charge in [0.2, 0.25) is 0 Å². The van der Waals surface area contributed by atoms with E-state index in [1.807, 2.05) is 18.2 Å². The van der Waals surface area contributed by atoms with Gasteiger partial charge < -0.3 is 14.8 Å². The van der Waals surface area contributed by atoms with Gasteiger partial charge in [-0.05, 0) is 43.7 Å². The molecule has 26 heavy (non-hydrogen) atoms. The van der Waals surface area contributed by atoms with Gasteiger partial charge in [0.05, 0.1) is 21.4 Å². The summed E-state index contributed by atoms with van der Waals surface area (Å²) in [7, 11) is -1.40. The van der Waals surface area contributed by atoms with Crippen molar-refractivity contribution >= 4 is 33.4 Å². The smallest absolute Gasteiger partial charge is 0.153 e. The third-order valence-electron chi connectivity index (χ3n) is 4.70. The van der Waals surface area contributed by atoms with Crippen molar-refractivity contribution < 1.29 is 13.7 Å². The first-order valence-electron chi connectivity index (χ1n) is 8.54. The van der Waals surface area contributed by atoms with Crippen LogP contribution < -0.4 is 5.32 Å². The molecular weight excluding hydrogens is 370 g/mol. The molecule has 1 atom stereocenters. The molecule has 0 aliphatic carbocycles. The number of nitrogens with one attached hydrogen (secondary N) is 1. The maximum absolute atomic E-state index is 13.1. The summed E-state index contributed by atoms with van der Waals surface area (Å²) in [5, 5.41) is 14.9. The van der Waals surface area contributed by atoms with Crippen LogP contribution in [0.4, 0.5) is 0 Å². The Labute approximate surface area is 159 Å². The second kappa shape index (κ2) is 6.50. The van der Waals surface area contributed by atoms with Crippen LogP contribution in [-0.2, 0) is 29.4 Å². The van der Waals surface area contributed by atoms with Crippen molar-refractivity contribution in [1.29, 1.82) is 0 Å². The van der Waals surface area contributed by atoms with Gasteiger partial charge in [-0.3, -0.25) is 0 Å². The SMILES string of the molecule is CC(C)(O)c1cccc(S(=O)c2cc(Cl)c3oc4c(c3c2)CNCC4)c1. The predicted molar refractivity (Wildman–Crippen MR) is 103 cm³/mol. The molecule has 2 aromatic carbocycles. The van der Waals surface area contributed by atoms with E-state index in [4.69, 9.17) is 16.0 Å². The topological polar surface area (TPSA) is 62.5 Å². The highest BCUT2D eigenvalue weighted by Gasteiger charge is 2.22. The van der Waals surface area contributed by atoms with Gasteiger partial charge in [-0.1, -0.05) is 23.7 Å². The second-order valence-electron chi connectivity index (χ2n) is 7.07. The predicted octanol–water partition coefficient (Wildman–Crippen LogP) is 4.13. The van der Waals surface area contributed by atoms with E-state index in [1.165, 1.54) is 0 Å². The van der Waals surface area contributed by atoms with Crippen LogP contribution in [0.15, 0.2) is 50.6 Å². The number of aliphatic hydroxyl groups is 1. The first kappa shape index (κ1) is 17.7. The molecule has 1 aliphatic rings. The molecule has 2 N–H and O–H groups in total. The van der Waals surface area contributed by atoms with Crippen molar-refractivity contribution in [2.45, 2.75) is 42.2 Å². The minimum Gasteiger partial charge on any atom is -0.459 e. The van der Waals surface area contributed by atoms with Crippen LogP contribution in [0.3, 0.4) is 0 Å². The third kappa shape index (κ3) is 3.09. The Morgan fingerprint density at radius 3 is 2.81 bits per heavy atom. The number of rotatable bonds is 3. The lowest BCUT2D eigenvalue weighted by Crippen LogP contribution is -2.22. The molecule has 0 saturated heterocycles. The zero-order valence-electron chi connectivity index (χ0n) is 14.6. The normalized spacial score (nSPS) is 15.8. The summed E-state index contributed by atoms with van der Waals surface area (Å²) >= 11 is 6.43. The lowest BCUT2D eigenvalue weighted by atomic mass is 9.99. The lowest BCUT2D eigenvalue weighted by Gasteiger charge is -2.18. The second-order valence-corrected chi connectivity index (χ2v) is 8.96. The molecule has 0 saturated carbocycles. The van der Waals surface area contributed by atoms with E-state index < -0.39 is 16.4 Å². The first-order chi connectivity index (χ1) is 12.3. The van der Waals surface area contributed by atoms with Crippen LogP contribution >= 0.6 is 11.6 Å². The van der Waals surface area contributed by atoms with E-state index in [0.717, 1.165) is 41.8 Å². The van der Waals surface area contributed by atoms with Crippen LogP contribution in [0.5, 0.6) is 0 Å². The van der Waals surface area contributed by atoms with Gasteiger partial charge in [-0.15, -0.1) is 0 Å². The summed E-state index contributed by atoms with van der Waals surface area (Å²) in [5.41, 5.74) is 1.49. The Hall–Kier alpha value is -1.66. The quantitative estimate of drug-likeness (QED) is 0.707. The Balaban J connectivity index is 1.80. The monoisotopic (exact) mass is 389 g/mol. The molecule has 0 bridgehead atoms. The van der Waals surface area contributed by atoms with Crippen molar-refractivity contribution in [3.63, 3.8) is 0 Å². The fraction of sp³-hybridized carbons (Fsp3) is 0.300. The van der Waals surface area contributed by atoms with Gasteiger partial charge in [0.1, 0.15) is 5.76 Å². The summed E-state index contributed by atoms with van der Waals surface area (Å²) < 4.78 is 19.1. The van der Waals surface area contributed by atoms with Gasteiger partial charge in [0.15, 0.2) is 5.58 Å². The van der Waals surface area contributed by atoms with Crippen LogP contribution in [0.25, 0.3) is 11.0 Å². The zero-order valence-corrected chi connectivity index (χ0v) is 16.2. The van der Waals surface area contributed by atoms with Gasteiger partial charge in [-0.2, -0.15) is 0 Å². The van der Waals surface area contributed by atoms with Crippen molar-refractivity contribution in [2.24, 2.45) is 0 Å². The Morgan fingerprint density at radius 1 is 1.23 bits per heavy atom. The number of hydrogen-bond donors (Lipinski definition) is 2. The summed E-state index contributed by atoms with van der Waals surface area (Å²) in [4.78, 5) is 1.26. The molecule has 0 amide bonds. The van der Waals surface area contributed by atoms with E-state index in [1.54, 1.807) is 32.0 Å². The summed E-state index contributed by atoms with van der Waals surface area (Å²) in [6.07, 6.45) is 0.826. The van der Waals surface area contributed by atoms with E-state index in [9.17, 15) is 9.32 Å². The fourth-order valence-corrected chi connectivity index (χ4v) is 4.76. The number of fused-ring (bicyclic) bond motifs is 3. The fourth-order valence-electron chi connectivity index (χ4n) is 3.28. The molecule has 6 heteroatoms. The van der Waals surface area contributed by atoms with Crippen molar-refractivity contribution in [1.82, 2.24) is 5.32 Å². The molecule has 4 nitrogen and oxygen atoms in total. The van der Waals surface area contributed by atoms with Crippen LogP contribution in [0.2, 0.25) is 5.02 Å². The zero-order chi connectivity index (χ0) is 18.5. The molecule has 1 aromatic heterocycles. The Bertz CT molecular complexity index is 1020. The van der Waals surface area contributed by atoms with Crippen LogP contribution in [0.1, 0.15) is 30.7 Å². The van der Waals surface area contributed by atoms with E-state index in [-0.39, 0.29) is 0 Å². The van der Waals surface area contributed by atoms with Gasteiger partial charge in [0.25, 0.3) is 0 Å². The highest BCUT2D eigenvalue weighted by atomic mass is 35.5. The highest BCUT2D eigenvalue weighted by molar-refractivity contribution is 7.85. The minimum absolute atomic E-state index is 0.471. The van der Waals surface area contributed by atoms with Crippen molar-refractivity contribution in [3.05, 3.63) is 58.3 Å². The van der Waals surface area contributed by atoms with E-state index >= 15 is 0 Å². The lowest BCUT2D eigenvalue weighted by molar-refractivity contribution is 0.0784. The molecule has 1 aliphatic heterocycles. The van der Waals surface area contributed by atoms with Gasteiger partial charge in [0, 0.05) is 40.3 Å². The minimum atomic E-state index is -1.40. The Morgan fingerprint density at radius 2 is 2.04 bits per heavy atom. The van der Waals surface area contributed by atoms with Crippen LogP contribution in [-0.4, -0.2) is 15.9 Å². The summed E-state index contributed by atoms with van der Waals surface area (Å²) in [6.45, 7) is 5.03. The largest absolute Gasteiger partial charge is 0.459 e. The van der Waals surface area contributed by atoms with Crippen LogP contribution in [0, 0.1) is 0 Å². The average molecular weight is 390 g/mol. The highest BCUT2D eigenvalue weighted by Crippen LogP contribution is 2.36. The van der Waals surface area contributed by atoms with E-state index in [0.29, 0.717) is 20.4 Å². The number of benzene rings is 2. The number of hydrogen-bond acceptors (Lipinski definition) is 4. The molecule has 4 rings (SSSR count). The van der Waals surface area contributed by atoms with Crippen molar-refractivity contribution in [3.8, 4) is 0 Å². The molecule has 136 valence electrons. The number of halogens is 1. The van der Waals surface area contributed by atoms with Crippen molar-refractivity contribution in [2.75, 3.05) is 6.54 Å². The molecule has 2 heterocycles. The molecule has 3 aromatic rings. The first-order valence-corrected chi connectivity index (χ1v) is 10.1. The Kier molecular flexibility index (Phi) is 4.43. The molecule has 0 fully saturated rings. The van der Waals surface area contributed by atoms with Gasteiger partial charge >= 0.3 is 0 Å². The molecular formula is C20H20ClNO3S. The maximum Gasteiger partial charge on any atom is 0.153 e. The average Bonchev–Trinajstić information content (AvgIpc) is 3.00. The number of furan rings is 1.